The molecule has 1 heterocycles. The second-order valence-electron chi connectivity index (χ2n) is 5.41. The van der Waals surface area contributed by atoms with Crippen molar-refractivity contribution >= 4 is 9.84 Å². The molecule has 5 heteroatoms. The van der Waals surface area contributed by atoms with E-state index in [2.05, 4.69) is 24.1 Å². The van der Waals surface area contributed by atoms with Crippen molar-refractivity contribution in [3.8, 4) is 0 Å². The van der Waals surface area contributed by atoms with Crippen molar-refractivity contribution in [1.29, 1.82) is 0 Å². The van der Waals surface area contributed by atoms with Crippen molar-refractivity contribution in [3.05, 3.63) is 0 Å². The molecule has 17 heavy (non-hydrogen) atoms. The Morgan fingerprint density at radius 2 is 2.12 bits per heavy atom. The number of sulfone groups is 1. The van der Waals surface area contributed by atoms with Crippen LogP contribution in [0.5, 0.6) is 0 Å². The molecule has 0 spiro atoms. The molecule has 2 fully saturated rings. The highest BCUT2D eigenvalue weighted by atomic mass is 32.2. The summed E-state index contributed by atoms with van der Waals surface area (Å²) in [5.41, 5.74) is 0. The highest BCUT2D eigenvalue weighted by molar-refractivity contribution is 7.91. The molecule has 0 aromatic carbocycles. The van der Waals surface area contributed by atoms with Gasteiger partial charge in [0.05, 0.1) is 11.5 Å². The van der Waals surface area contributed by atoms with E-state index in [0.717, 1.165) is 25.6 Å². The summed E-state index contributed by atoms with van der Waals surface area (Å²) in [4.78, 5) is 2.42. The van der Waals surface area contributed by atoms with Crippen LogP contribution in [0.4, 0.5) is 0 Å². The fraction of sp³-hybridized carbons (Fsp3) is 1.00. The number of rotatable bonds is 4. The van der Waals surface area contributed by atoms with Crippen LogP contribution in [-0.2, 0) is 9.84 Å². The van der Waals surface area contributed by atoms with Crippen molar-refractivity contribution in [3.63, 3.8) is 0 Å². The molecule has 1 aliphatic heterocycles. The standard InChI is InChI=1S/C12H24N2O2S/c1-3-13-8-11-4-5-12(11)14-6-7-17(15,16)9-10(14)2/h10-13H,3-9H2,1-2H3. The zero-order valence-corrected chi connectivity index (χ0v) is 11.7. The van der Waals surface area contributed by atoms with Crippen LogP contribution >= 0.6 is 0 Å². The molecule has 0 radical (unpaired) electrons. The van der Waals surface area contributed by atoms with Gasteiger partial charge in [0, 0.05) is 18.6 Å². The Bertz CT molecular complexity index is 356. The zero-order chi connectivity index (χ0) is 12.5. The average Bonchev–Trinajstić information content (AvgIpc) is 2.20. The molecule has 0 aromatic rings. The topological polar surface area (TPSA) is 49.4 Å². The van der Waals surface area contributed by atoms with Crippen LogP contribution in [0.2, 0.25) is 0 Å². The summed E-state index contributed by atoms with van der Waals surface area (Å²) in [5.74, 6) is 1.41. The molecular weight excluding hydrogens is 236 g/mol. The molecule has 0 bridgehead atoms. The molecule has 1 saturated carbocycles. The Labute approximate surface area is 105 Å². The maximum atomic E-state index is 11.6. The normalized spacial score (nSPS) is 37.6. The van der Waals surface area contributed by atoms with E-state index < -0.39 is 9.84 Å². The monoisotopic (exact) mass is 260 g/mol. The van der Waals surface area contributed by atoms with E-state index in [4.69, 9.17) is 0 Å². The summed E-state index contributed by atoms with van der Waals surface area (Å²) in [7, 11) is -2.77. The average molecular weight is 260 g/mol. The van der Waals surface area contributed by atoms with E-state index in [0.29, 0.717) is 17.5 Å². The second-order valence-corrected chi connectivity index (χ2v) is 7.64. The van der Waals surface area contributed by atoms with E-state index in [1.165, 1.54) is 12.8 Å². The molecule has 2 rings (SSSR count). The van der Waals surface area contributed by atoms with Crippen LogP contribution in [0, 0.1) is 5.92 Å². The van der Waals surface area contributed by atoms with Gasteiger partial charge >= 0.3 is 0 Å². The molecule has 1 aliphatic carbocycles. The van der Waals surface area contributed by atoms with E-state index in [1.807, 2.05) is 0 Å². The van der Waals surface area contributed by atoms with Gasteiger partial charge in [0.1, 0.15) is 0 Å². The second kappa shape index (κ2) is 5.24. The highest BCUT2D eigenvalue weighted by Crippen LogP contribution is 2.34. The lowest BCUT2D eigenvalue weighted by Gasteiger charge is -2.48. The van der Waals surface area contributed by atoms with Crippen LogP contribution in [0.15, 0.2) is 0 Å². The molecule has 0 amide bonds. The van der Waals surface area contributed by atoms with Gasteiger partial charge in [-0.15, -0.1) is 0 Å². The molecule has 4 nitrogen and oxygen atoms in total. The van der Waals surface area contributed by atoms with Gasteiger partial charge in [0.2, 0.25) is 0 Å². The minimum Gasteiger partial charge on any atom is -0.317 e. The first kappa shape index (κ1) is 13.3. The fourth-order valence-electron chi connectivity index (χ4n) is 3.06. The number of nitrogens with zero attached hydrogens (tertiary/aromatic N) is 1. The number of hydrogen-bond donors (Lipinski definition) is 1. The van der Waals surface area contributed by atoms with E-state index >= 15 is 0 Å². The minimum absolute atomic E-state index is 0.197. The molecule has 2 aliphatic rings. The molecular formula is C12H24N2O2S. The molecule has 3 atom stereocenters. The molecule has 100 valence electrons. The lowest BCUT2D eigenvalue weighted by Crippen LogP contribution is -2.58. The maximum Gasteiger partial charge on any atom is 0.153 e. The SMILES string of the molecule is CCNCC1CCC1N1CCS(=O)(=O)CC1C. The van der Waals surface area contributed by atoms with Gasteiger partial charge in [-0.1, -0.05) is 6.92 Å². The lowest BCUT2D eigenvalue weighted by atomic mass is 9.78. The predicted molar refractivity (Wildman–Crippen MR) is 69.9 cm³/mol. The third-order valence-electron chi connectivity index (χ3n) is 4.18. The van der Waals surface area contributed by atoms with Gasteiger partial charge in [-0.3, -0.25) is 4.90 Å². The minimum atomic E-state index is -2.77. The van der Waals surface area contributed by atoms with Crippen LogP contribution in [0.25, 0.3) is 0 Å². The highest BCUT2D eigenvalue weighted by Gasteiger charge is 2.40. The van der Waals surface area contributed by atoms with Crippen molar-refractivity contribution in [2.24, 2.45) is 5.92 Å². The molecule has 0 aromatic heterocycles. The van der Waals surface area contributed by atoms with Crippen molar-refractivity contribution in [2.45, 2.75) is 38.8 Å². The predicted octanol–water partition coefficient (Wildman–Crippen LogP) is 0.493. The Kier molecular flexibility index (Phi) is 4.10. The smallest absolute Gasteiger partial charge is 0.153 e. The summed E-state index contributed by atoms with van der Waals surface area (Å²) in [6.45, 7) is 7.02. The number of hydrogen-bond acceptors (Lipinski definition) is 4. The summed E-state index contributed by atoms with van der Waals surface area (Å²) in [6, 6.07) is 0.808. The van der Waals surface area contributed by atoms with Gasteiger partial charge in [-0.25, -0.2) is 8.42 Å². The largest absolute Gasteiger partial charge is 0.317 e. The van der Waals surface area contributed by atoms with Crippen molar-refractivity contribution in [1.82, 2.24) is 10.2 Å². The van der Waals surface area contributed by atoms with Crippen LogP contribution in [0.1, 0.15) is 26.7 Å². The first-order valence-corrected chi connectivity index (χ1v) is 8.52. The summed E-state index contributed by atoms with van der Waals surface area (Å²) < 4.78 is 23.1. The molecule has 1 saturated heterocycles. The van der Waals surface area contributed by atoms with Gasteiger partial charge in [0.25, 0.3) is 0 Å². The first-order chi connectivity index (χ1) is 8.03. The zero-order valence-electron chi connectivity index (χ0n) is 10.9. The Morgan fingerprint density at radius 3 is 2.65 bits per heavy atom. The van der Waals surface area contributed by atoms with Gasteiger partial charge in [0.15, 0.2) is 9.84 Å². The summed E-state index contributed by atoms with van der Waals surface area (Å²) in [5, 5.41) is 3.41. The van der Waals surface area contributed by atoms with E-state index in [1.54, 1.807) is 0 Å². The van der Waals surface area contributed by atoms with Crippen LogP contribution in [0.3, 0.4) is 0 Å². The Balaban J connectivity index is 1.90. The fourth-order valence-corrected chi connectivity index (χ4v) is 4.64. The van der Waals surface area contributed by atoms with Crippen molar-refractivity contribution < 1.29 is 8.42 Å². The summed E-state index contributed by atoms with van der Waals surface area (Å²) >= 11 is 0. The maximum absolute atomic E-state index is 11.6. The van der Waals surface area contributed by atoms with Crippen LogP contribution < -0.4 is 5.32 Å². The van der Waals surface area contributed by atoms with Gasteiger partial charge < -0.3 is 5.32 Å². The number of nitrogens with one attached hydrogen (secondary N) is 1. The van der Waals surface area contributed by atoms with Crippen molar-refractivity contribution in [2.75, 3.05) is 31.1 Å². The third-order valence-corrected chi connectivity index (χ3v) is 5.98. The van der Waals surface area contributed by atoms with E-state index in [9.17, 15) is 8.42 Å². The quantitative estimate of drug-likeness (QED) is 0.799. The first-order valence-electron chi connectivity index (χ1n) is 6.70. The van der Waals surface area contributed by atoms with Gasteiger partial charge in [-0.2, -0.15) is 0 Å². The van der Waals surface area contributed by atoms with E-state index in [-0.39, 0.29) is 6.04 Å². The molecule has 3 unspecified atom stereocenters. The lowest BCUT2D eigenvalue weighted by molar-refractivity contribution is 0.0408. The Morgan fingerprint density at radius 1 is 1.35 bits per heavy atom. The summed E-state index contributed by atoms with van der Waals surface area (Å²) in [6.07, 6.45) is 2.52. The third kappa shape index (κ3) is 3.01. The van der Waals surface area contributed by atoms with Gasteiger partial charge in [-0.05, 0) is 38.8 Å². The molecule has 1 N–H and O–H groups in total. The van der Waals surface area contributed by atoms with Crippen LogP contribution in [-0.4, -0.2) is 56.5 Å². The Hall–Kier alpha value is -0.130.